The maximum absolute atomic E-state index is 13.6. The van der Waals surface area contributed by atoms with Crippen LogP contribution in [0.4, 0.5) is 4.39 Å². The molecule has 0 aliphatic rings. The van der Waals surface area contributed by atoms with Crippen LogP contribution in [-0.2, 0) is 17.9 Å². The van der Waals surface area contributed by atoms with Crippen molar-refractivity contribution in [2.75, 3.05) is 13.1 Å². The minimum absolute atomic E-state index is 0.0896. The summed E-state index contributed by atoms with van der Waals surface area (Å²) in [6, 6.07) is 14.9. The van der Waals surface area contributed by atoms with Crippen molar-refractivity contribution in [1.29, 1.82) is 0 Å². The number of halogens is 3. The van der Waals surface area contributed by atoms with Gasteiger partial charge in [0.2, 0.25) is 5.91 Å². The van der Waals surface area contributed by atoms with Crippen molar-refractivity contribution in [3.05, 3.63) is 91.3 Å². The highest BCUT2D eigenvalue weighted by Crippen LogP contribution is 2.24. The van der Waals surface area contributed by atoms with E-state index in [1.807, 2.05) is 32.9 Å². The first kappa shape index (κ1) is 27.2. The highest BCUT2D eigenvalue weighted by molar-refractivity contribution is 7.11. The summed E-state index contributed by atoms with van der Waals surface area (Å²) >= 11 is 13.9. The minimum Gasteiger partial charge on any atom is -0.332 e. The number of aryl methyl sites for hydroxylation is 1. The Morgan fingerprint density at radius 1 is 1.00 bits per heavy atom. The number of benzene rings is 2. The van der Waals surface area contributed by atoms with Crippen molar-refractivity contribution >= 4 is 46.4 Å². The average molecular weight is 536 g/mol. The molecular formula is C27H29Cl2FN2O2S. The van der Waals surface area contributed by atoms with Crippen LogP contribution in [0.15, 0.2) is 54.6 Å². The normalized spacial score (nSPS) is 11.8. The van der Waals surface area contributed by atoms with Crippen LogP contribution in [0.2, 0.25) is 10.0 Å². The van der Waals surface area contributed by atoms with E-state index in [4.69, 9.17) is 23.2 Å². The molecule has 4 nitrogen and oxygen atoms in total. The molecule has 2 aromatic carbocycles. The number of carbonyl (C=O) groups excluding carboxylic acids is 2. The summed E-state index contributed by atoms with van der Waals surface area (Å²) in [5, 5.41) is 0.689. The summed E-state index contributed by atoms with van der Waals surface area (Å²) < 4.78 is 13.4. The van der Waals surface area contributed by atoms with Gasteiger partial charge in [-0.3, -0.25) is 9.59 Å². The summed E-state index contributed by atoms with van der Waals surface area (Å²) in [5.41, 5.74) is 1.12. The third kappa shape index (κ3) is 7.79. The summed E-state index contributed by atoms with van der Waals surface area (Å²) in [7, 11) is 0. The summed E-state index contributed by atoms with van der Waals surface area (Å²) in [4.78, 5) is 32.5. The molecule has 1 aromatic heterocycles. The van der Waals surface area contributed by atoms with Crippen molar-refractivity contribution in [1.82, 2.24) is 9.80 Å². The number of amides is 2. The molecule has 1 heterocycles. The molecule has 1 atom stereocenters. The van der Waals surface area contributed by atoms with Crippen LogP contribution >= 0.6 is 34.5 Å². The molecule has 0 radical (unpaired) electrons. The molecule has 0 aliphatic carbocycles. The van der Waals surface area contributed by atoms with E-state index in [9.17, 15) is 14.0 Å². The van der Waals surface area contributed by atoms with Crippen molar-refractivity contribution < 1.29 is 14.0 Å². The summed E-state index contributed by atoms with van der Waals surface area (Å²) in [6.07, 6.45) is 0.861. The predicted octanol–water partition coefficient (Wildman–Crippen LogP) is 7.22. The molecule has 0 unspecified atom stereocenters. The van der Waals surface area contributed by atoms with E-state index >= 15 is 0 Å². The zero-order chi connectivity index (χ0) is 25.5. The van der Waals surface area contributed by atoms with Crippen LogP contribution < -0.4 is 0 Å². The molecule has 0 fully saturated rings. The topological polar surface area (TPSA) is 40.6 Å². The number of rotatable bonds is 10. The van der Waals surface area contributed by atoms with Gasteiger partial charge in [0, 0.05) is 27.9 Å². The van der Waals surface area contributed by atoms with Gasteiger partial charge < -0.3 is 9.80 Å². The van der Waals surface area contributed by atoms with E-state index in [2.05, 4.69) is 0 Å². The number of thiophene rings is 1. The maximum atomic E-state index is 13.6. The zero-order valence-corrected chi connectivity index (χ0v) is 22.4. The SMILES string of the molecule is CC[C@H](C)CN(CC(=O)N(Cc1ccc(F)cc1)Cc1ccc(C)s1)C(=O)c1ccc(Cl)cc1Cl. The van der Waals surface area contributed by atoms with Gasteiger partial charge in [-0.05, 0) is 60.9 Å². The van der Waals surface area contributed by atoms with Crippen molar-refractivity contribution in [3.63, 3.8) is 0 Å². The molecule has 0 bridgehead atoms. The second-order valence-corrected chi connectivity index (χ2v) is 10.9. The summed E-state index contributed by atoms with van der Waals surface area (Å²) in [6.45, 7) is 7.15. The average Bonchev–Trinajstić information content (AvgIpc) is 3.23. The van der Waals surface area contributed by atoms with Crippen LogP contribution in [0.5, 0.6) is 0 Å². The first-order valence-corrected chi connectivity index (χ1v) is 13.0. The Morgan fingerprint density at radius 3 is 2.31 bits per heavy atom. The van der Waals surface area contributed by atoms with E-state index in [1.54, 1.807) is 45.4 Å². The van der Waals surface area contributed by atoms with E-state index in [-0.39, 0.29) is 35.1 Å². The van der Waals surface area contributed by atoms with E-state index in [0.717, 1.165) is 21.7 Å². The lowest BCUT2D eigenvalue weighted by Crippen LogP contribution is -2.44. The lowest BCUT2D eigenvalue weighted by Gasteiger charge is -2.29. The number of hydrogen-bond donors (Lipinski definition) is 0. The molecule has 0 aliphatic heterocycles. The fourth-order valence-corrected chi connectivity index (χ4v) is 5.02. The fraction of sp³-hybridized carbons (Fsp3) is 0.333. The van der Waals surface area contributed by atoms with Crippen LogP contribution in [-0.4, -0.2) is 34.7 Å². The van der Waals surface area contributed by atoms with Gasteiger partial charge in [-0.15, -0.1) is 11.3 Å². The standard InChI is InChI=1S/C27H29Cl2FN2O2S/c1-4-18(2)14-32(27(34)24-12-8-21(28)13-25(24)29)17-26(33)31(16-23-11-5-19(3)35-23)15-20-6-9-22(30)10-7-20/h5-13,18H,4,14-17H2,1-3H3/t18-/m0/s1. The van der Waals surface area contributed by atoms with Crippen LogP contribution in [0, 0.1) is 18.7 Å². The Hall–Kier alpha value is -2.41. The van der Waals surface area contributed by atoms with Crippen molar-refractivity contribution in [3.8, 4) is 0 Å². The second-order valence-electron chi connectivity index (χ2n) is 8.71. The summed E-state index contributed by atoms with van der Waals surface area (Å²) in [5.74, 6) is -0.634. The van der Waals surface area contributed by atoms with Gasteiger partial charge in [-0.2, -0.15) is 0 Å². The number of nitrogens with zero attached hydrogens (tertiary/aromatic N) is 2. The van der Waals surface area contributed by atoms with Crippen LogP contribution in [0.3, 0.4) is 0 Å². The van der Waals surface area contributed by atoms with Crippen LogP contribution in [0.1, 0.15) is 45.9 Å². The minimum atomic E-state index is -0.328. The molecule has 0 saturated heterocycles. The molecule has 2 amide bonds. The van der Waals surface area contributed by atoms with Crippen LogP contribution in [0.25, 0.3) is 0 Å². The van der Waals surface area contributed by atoms with E-state index in [1.165, 1.54) is 18.2 Å². The lowest BCUT2D eigenvalue weighted by molar-refractivity contribution is -0.133. The highest BCUT2D eigenvalue weighted by Gasteiger charge is 2.25. The third-order valence-corrected chi connectivity index (χ3v) is 7.32. The first-order valence-electron chi connectivity index (χ1n) is 11.5. The Bertz CT molecular complexity index is 1170. The fourth-order valence-electron chi connectivity index (χ4n) is 3.62. The Morgan fingerprint density at radius 2 is 1.71 bits per heavy atom. The number of hydrogen-bond acceptors (Lipinski definition) is 3. The Balaban J connectivity index is 1.86. The smallest absolute Gasteiger partial charge is 0.255 e. The van der Waals surface area contributed by atoms with Gasteiger partial charge in [-0.1, -0.05) is 55.6 Å². The molecule has 8 heteroatoms. The second kappa shape index (κ2) is 12.5. The van der Waals surface area contributed by atoms with Gasteiger partial charge in [-0.25, -0.2) is 4.39 Å². The molecule has 35 heavy (non-hydrogen) atoms. The Labute approximate surface area is 220 Å². The molecular weight excluding hydrogens is 506 g/mol. The molecule has 0 spiro atoms. The van der Waals surface area contributed by atoms with Gasteiger partial charge in [0.15, 0.2) is 0 Å². The molecule has 3 aromatic rings. The van der Waals surface area contributed by atoms with E-state index in [0.29, 0.717) is 30.2 Å². The van der Waals surface area contributed by atoms with Gasteiger partial charge >= 0.3 is 0 Å². The number of carbonyl (C=O) groups is 2. The largest absolute Gasteiger partial charge is 0.332 e. The third-order valence-electron chi connectivity index (χ3n) is 5.79. The quantitative estimate of drug-likeness (QED) is 0.275. The van der Waals surface area contributed by atoms with Crippen molar-refractivity contribution in [2.24, 2.45) is 5.92 Å². The lowest BCUT2D eigenvalue weighted by atomic mass is 10.1. The predicted molar refractivity (Wildman–Crippen MR) is 142 cm³/mol. The van der Waals surface area contributed by atoms with Crippen molar-refractivity contribution in [2.45, 2.75) is 40.3 Å². The highest BCUT2D eigenvalue weighted by atomic mass is 35.5. The van der Waals surface area contributed by atoms with Gasteiger partial charge in [0.05, 0.1) is 17.1 Å². The molecule has 0 N–H and O–H groups in total. The molecule has 3 rings (SSSR count). The Kier molecular flexibility index (Phi) is 9.72. The van der Waals surface area contributed by atoms with E-state index < -0.39 is 0 Å². The maximum Gasteiger partial charge on any atom is 0.255 e. The molecule has 186 valence electrons. The monoisotopic (exact) mass is 534 g/mol. The first-order chi connectivity index (χ1) is 16.7. The molecule has 0 saturated carbocycles. The van der Waals surface area contributed by atoms with Gasteiger partial charge in [0.25, 0.3) is 5.91 Å². The van der Waals surface area contributed by atoms with Gasteiger partial charge in [0.1, 0.15) is 12.4 Å². The zero-order valence-electron chi connectivity index (χ0n) is 20.1.